The molecule has 30 heavy (non-hydrogen) atoms. The van der Waals surface area contributed by atoms with Crippen LogP contribution in [0.3, 0.4) is 0 Å². The molecule has 170 valence electrons. The Hall–Kier alpha value is -1.73. The van der Waals surface area contributed by atoms with Gasteiger partial charge in [0.05, 0.1) is 13.2 Å². The third-order valence-corrected chi connectivity index (χ3v) is 5.96. The van der Waals surface area contributed by atoms with Gasteiger partial charge in [-0.15, -0.1) is 0 Å². The molecule has 5 atom stereocenters. The van der Waals surface area contributed by atoms with Crippen LogP contribution in [0.25, 0.3) is 0 Å². The zero-order valence-corrected chi connectivity index (χ0v) is 18.3. The summed E-state index contributed by atoms with van der Waals surface area (Å²) < 4.78 is 22.3. The molecule has 2 rings (SSSR count). The standard InChI is InChI=1S/C23H36O7/c1-17(25)29-20-16-21(30-23-13-7-8-15-28-23)19(11-9-14-24)18(20)10-5-3-4-6-12-22(26)27-2/h9,11,14,18-21,23H,3-8,10,12-13,15-16H2,1-2H3/t18-,19-,20+,21-,23?/m0/s1. The van der Waals surface area contributed by atoms with Gasteiger partial charge in [-0.05, 0) is 38.2 Å². The molecule has 0 amide bonds. The van der Waals surface area contributed by atoms with Crippen LogP contribution in [0, 0.1) is 11.8 Å². The minimum atomic E-state index is -0.296. The summed E-state index contributed by atoms with van der Waals surface area (Å²) in [4.78, 5) is 33.8. The molecule has 1 saturated carbocycles. The highest BCUT2D eigenvalue weighted by atomic mass is 16.7. The third kappa shape index (κ3) is 8.19. The van der Waals surface area contributed by atoms with Gasteiger partial charge < -0.3 is 18.9 Å². The summed E-state index contributed by atoms with van der Waals surface area (Å²) in [5.74, 6) is -0.375. The molecule has 1 unspecified atom stereocenters. The van der Waals surface area contributed by atoms with Crippen LogP contribution >= 0.6 is 0 Å². The van der Waals surface area contributed by atoms with E-state index in [0.29, 0.717) is 19.4 Å². The van der Waals surface area contributed by atoms with E-state index in [-0.39, 0.29) is 42.3 Å². The van der Waals surface area contributed by atoms with Gasteiger partial charge in [-0.2, -0.15) is 0 Å². The summed E-state index contributed by atoms with van der Waals surface area (Å²) in [7, 11) is 1.40. The SMILES string of the molecule is COC(=O)CCCCCC[C@H]1[C@H](C=CC=O)[C@@H](OC2CCCCO2)C[C@H]1OC(C)=O. The molecule has 1 saturated heterocycles. The van der Waals surface area contributed by atoms with Crippen molar-refractivity contribution in [3.8, 4) is 0 Å². The first-order valence-corrected chi connectivity index (χ1v) is 11.2. The van der Waals surface area contributed by atoms with Gasteiger partial charge in [-0.25, -0.2) is 0 Å². The molecule has 0 aromatic rings. The van der Waals surface area contributed by atoms with E-state index >= 15 is 0 Å². The van der Waals surface area contributed by atoms with Crippen LogP contribution in [0.4, 0.5) is 0 Å². The van der Waals surface area contributed by atoms with E-state index in [4.69, 9.17) is 14.2 Å². The molecule has 1 aliphatic heterocycles. The number of ether oxygens (including phenoxy) is 4. The van der Waals surface area contributed by atoms with E-state index in [0.717, 1.165) is 57.7 Å². The lowest BCUT2D eigenvalue weighted by molar-refractivity contribution is -0.193. The first kappa shape index (κ1) is 24.5. The monoisotopic (exact) mass is 424 g/mol. The normalized spacial score (nSPS) is 29.1. The van der Waals surface area contributed by atoms with Crippen LogP contribution in [-0.4, -0.2) is 50.4 Å². The number of rotatable bonds is 12. The number of allylic oxidation sites excluding steroid dienone is 1. The maximum absolute atomic E-state index is 11.7. The fourth-order valence-electron chi connectivity index (χ4n) is 4.52. The zero-order chi connectivity index (χ0) is 21.8. The summed E-state index contributed by atoms with van der Waals surface area (Å²) >= 11 is 0. The van der Waals surface area contributed by atoms with Gasteiger partial charge in [0.1, 0.15) is 12.4 Å². The van der Waals surface area contributed by atoms with Gasteiger partial charge in [0, 0.05) is 38.2 Å². The molecule has 7 heteroatoms. The molecule has 0 aromatic heterocycles. The number of hydrogen-bond donors (Lipinski definition) is 0. The summed E-state index contributed by atoms with van der Waals surface area (Å²) in [6.07, 6.45) is 12.2. The van der Waals surface area contributed by atoms with Crippen LogP contribution < -0.4 is 0 Å². The molecule has 7 nitrogen and oxygen atoms in total. The topological polar surface area (TPSA) is 88.1 Å². The Bertz CT molecular complexity index is 568. The van der Waals surface area contributed by atoms with E-state index in [1.165, 1.54) is 20.1 Å². The van der Waals surface area contributed by atoms with Crippen molar-refractivity contribution in [1.82, 2.24) is 0 Å². The largest absolute Gasteiger partial charge is 0.469 e. The Morgan fingerprint density at radius 1 is 1.10 bits per heavy atom. The van der Waals surface area contributed by atoms with Crippen molar-refractivity contribution in [3.63, 3.8) is 0 Å². The van der Waals surface area contributed by atoms with Gasteiger partial charge in [0.2, 0.25) is 0 Å². The minimum Gasteiger partial charge on any atom is -0.469 e. The predicted octanol–water partition coefficient (Wildman–Crippen LogP) is 3.73. The molecule has 0 N–H and O–H groups in total. The molecular weight excluding hydrogens is 388 g/mol. The van der Waals surface area contributed by atoms with Crippen molar-refractivity contribution >= 4 is 18.2 Å². The second-order valence-corrected chi connectivity index (χ2v) is 8.15. The second kappa shape index (κ2) is 13.5. The van der Waals surface area contributed by atoms with Gasteiger partial charge in [-0.1, -0.05) is 25.3 Å². The second-order valence-electron chi connectivity index (χ2n) is 8.15. The summed E-state index contributed by atoms with van der Waals surface area (Å²) in [6, 6.07) is 0. The van der Waals surface area contributed by atoms with Gasteiger partial charge in [-0.3, -0.25) is 14.4 Å². The lowest BCUT2D eigenvalue weighted by Crippen LogP contribution is -2.30. The highest BCUT2D eigenvalue weighted by molar-refractivity contribution is 5.69. The summed E-state index contributed by atoms with van der Waals surface area (Å²) in [6.45, 7) is 2.13. The summed E-state index contributed by atoms with van der Waals surface area (Å²) in [5.41, 5.74) is 0. The molecule has 0 radical (unpaired) electrons. The molecule has 2 aliphatic rings. The van der Waals surface area contributed by atoms with Gasteiger partial charge in [0.25, 0.3) is 0 Å². The fourth-order valence-corrected chi connectivity index (χ4v) is 4.52. The lowest BCUT2D eigenvalue weighted by Gasteiger charge is -2.29. The number of hydrogen-bond acceptors (Lipinski definition) is 7. The Kier molecular flexibility index (Phi) is 11.1. The van der Waals surface area contributed by atoms with E-state index in [2.05, 4.69) is 4.74 Å². The lowest BCUT2D eigenvalue weighted by atomic mass is 9.88. The number of aldehydes is 1. The van der Waals surface area contributed by atoms with Crippen molar-refractivity contribution in [2.45, 2.75) is 89.6 Å². The number of esters is 2. The highest BCUT2D eigenvalue weighted by Gasteiger charge is 2.45. The Morgan fingerprint density at radius 3 is 2.57 bits per heavy atom. The number of carbonyl (C=O) groups excluding carboxylic acids is 3. The fraction of sp³-hybridized carbons (Fsp3) is 0.783. The highest BCUT2D eigenvalue weighted by Crippen LogP contribution is 2.41. The minimum absolute atomic E-state index is 0.000135. The van der Waals surface area contributed by atoms with E-state index in [1.807, 2.05) is 6.08 Å². The Labute approximate surface area is 179 Å². The van der Waals surface area contributed by atoms with Gasteiger partial charge in [0.15, 0.2) is 6.29 Å². The molecule has 0 bridgehead atoms. The molecular formula is C23H36O7. The molecule has 0 spiro atoms. The number of unbranched alkanes of at least 4 members (excludes halogenated alkanes) is 3. The van der Waals surface area contributed by atoms with Crippen molar-refractivity contribution in [3.05, 3.63) is 12.2 Å². The van der Waals surface area contributed by atoms with Crippen molar-refractivity contribution in [2.75, 3.05) is 13.7 Å². The first-order valence-electron chi connectivity index (χ1n) is 11.2. The smallest absolute Gasteiger partial charge is 0.305 e. The van der Waals surface area contributed by atoms with Crippen molar-refractivity contribution in [1.29, 1.82) is 0 Å². The molecule has 2 fully saturated rings. The van der Waals surface area contributed by atoms with Crippen LogP contribution in [0.15, 0.2) is 12.2 Å². The number of carbonyl (C=O) groups is 3. The van der Waals surface area contributed by atoms with Crippen molar-refractivity contribution in [2.24, 2.45) is 11.8 Å². The van der Waals surface area contributed by atoms with E-state index < -0.39 is 0 Å². The van der Waals surface area contributed by atoms with Crippen LogP contribution in [0.2, 0.25) is 0 Å². The van der Waals surface area contributed by atoms with Crippen LogP contribution in [0.5, 0.6) is 0 Å². The maximum Gasteiger partial charge on any atom is 0.305 e. The Balaban J connectivity index is 1.95. The Morgan fingerprint density at radius 2 is 1.90 bits per heavy atom. The maximum atomic E-state index is 11.7. The average molecular weight is 425 g/mol. The molecule has 0 aromatic carbocycles. The van der Waals surface area contributed by atoms with Crippen molar-refractivity contribution < 1.29 is 33.3 Å². The predicted molar refractivity (Wildman–Crippen MR) is 111 cm³/mol. The van der Waals surface area contributed by atoms with Crippen LogP contribution in [-0.2, 0) is 33.3 Å². The van der Waals surface area contributed by atoms with E-state index in [1.54, 1.807) is 0 Å². The molecule has 1 heterocycles. The average Bonchev–Trinajstić information content (AvgIpc) is 3.04. The summed E-state index contributed by atoms with van der Waals surface area (Å²) in [5, 5.41) is 0. The third-order valence-electron chi connectivity index (χ3n) is 5.96. The quantitative estimate of drug-likeness (QED) is 0.204. The first-order chi connectivity index (χ1) is 14.5. The number of methoxy groups -OCH3 is 1. The van der Waals surface area contributed by atoms with Crippen LogP contribution in [0.1, 0.15) is 71.1 Å². The van der Waals surface area contributed by atoms with E-state index in [9.17, 15) is 14.4 Å². The zero-order valence-electron chi connectivity index (χ0n) is 18.3. The molecule has 1 aliphatic carbocycles. The van der Waals surface area contributed by atoms with Gasteiger partial charge >= 0.3 is 11.9 Å².